The van der Waals surface area contributed by atoms with E-state index in [2.05, 4.69) is 10.0 Å². The number of nitrogens with one attached hydrogen (secondary N) is 2. The van der Waals surface area contributed by atoms with E-state index in [4.69, 9.17) is 4.74 Å². The normalized spacial score (nSPS) is 10.8. The molecule has 2 aromatic rings. The highest BCUT2D eigenvalue weighted by atomic mass is 32.2. The van der Waals surface area contributed by atoms with Crippen molar-refractivity contribution in [3.63, 3.8) is 0 Å². The summed E-state index contributed by atoms with van der Waals surface area (Å²) in [7, 11) is -3.77. The van der Waals surface area contributed by atoms with Crippen molar-refractivity contribution >= 4 is 27.6 Å². The summed E-state index contributed by atoms with van der Waals surface area (Å²) in [5.41, 5.74) is 1.62. The number of aryl methyl sites for hydroxylation is 1. The van der Waals surface area contributed by atoms with E-state index in [0.29, 0.717) is 12.2 Å². The number of likely N-dealkylation sites (N-methyl/N-ethyl adjacent to an activating group) is 1. The second-order valence-corrected chi connectivity index (χ2v) is 7.21. The third-order valence-electron chi connectivity index (χ3n) is 3.41. The number of rotatable bonds is 7. The minimum absolute atomic E-state index is 0.0124. The van der Waals surface area contributed by atoms with Gasteiger partial charge in [0, 0.05) is 12.2 Å². The van der Waals surface area contributed by atoms with Gasteiger partial charge in [0.2, 0.25) is 0 Å². The zero-order chi connectivity index (χ0) is 19.2. The summed E-state index contributed by atoms with van der Waals surface area (Å²) in [6.07, 6.45) is 0. The van der Waals surface area contributed by atoms with E-state index < -0.39 is 21.9 Å². The lowest BCUT2D eigenvalue weighted by molar-refractivity contribution is -0.124. The van der Waals surface area contributed by atoms with E-state index in [0.717, 1.165) is 5.56 Å². The lowest BCUT2D eigenvalue weighted by Gasteiger charge is -2.09. The second kappa shape index (κ2) is 8.48. The maximum atomic E-state index is 12.4. The van der Waals surface area contributed by atoms with Gasteiger partial charge >= 0.3 is 5.97 Å². The molecule has 2 rings (SSSR count). The molecule has 7 nitrogen and oxygen atoms in total. The van der Waals surface area contributed by atoms with E-state index in [1.165, 1.54) is 24.3 Å². The molecule has 8 heteroatoms. The Morgan fingerprint density at radius 1 is 1.00 bits per heavy atom. The van der Waals surface area contributed by atoms with Crippen molar-refractivity contribution in [2.75, 3.05) is 17.9 Å². The summed E-state index contributed by atoms with van der Waals surface area (Å²) in [4.78, 5) is 23.2. The fourth-order valence-corrected chi connectivity index (χ4v) is 3.13. The van der Waals surface area contributed by atoms with Crippen molar-refractivity contribution in [1.29, 1.82) is 0 Å². The van der Waals surface area contributed by atoms with E-state index in [1.54, 1.807) is 31.2 Å². The molecule has 0 aliphatic heterocycles. The SMILES string of the molecule is CCNC(=O)COC(=O)c1ccc(S(=O)(=O)Nc2ccc(C)cc2)cc1. The molecule has 2 aromatic carbocycles. The molecule has 0 atom stereocenters. The quantitative estimate of drug-likeness (QED) is 0.721. The average molecular weight is 376 g/mol. The Morgan fingerprint density at radius 2 is 1.62 bits per heavy atom. The molecule has 0 unspecified atom stereocenters. The number of anilines is 1. The van der Waals surface area contributed by atoms with Crippen LogP contribution in [-0.4, -0.2) is 33.4 Å². The van der Waals surface area contributed by atoms with Crippen LogP contribution in [0.3, 0.4) is 0 Å². The molecule has 2 N–H and O–H groups in total. The van der Waals surface area contributed by atoms with Crippen LogP contribution >= 0.6 is 0 Å². The van der Waals surface area contributed by atoms with Gasteiger partial charge in [0.15, 0.2) is 6.61 Å². The van der Waals surface area contributed by atoms with Gasteiger partial charge in [0.1, 0.15) is 0 Å². The van der Waals surface area contributed by atoms with Gasteiger partial charge in [-0.1, -0.05) is 17.7 Å². The molecule has 0 saturated carbocycles. The lowest BCUT2D eigenvalue weighted by atomic mass is 10.2. The smallest absolute Gasteiger partial charge is 0.338 e. The number of carbonyl (C=O) groups excluding carboxylic acids is 2. The lowest BCUT2D eigenvalue weighted by Crippen LogP contribution is -2.28. The number of esters is 1. The summed E-state index contributed by atoms with van der Waals surface area (Å²) in [5, 5.41) is 2.50. The number of hydrogen-bond donors (Lipinski definition) is 2. The average Bonchev–Trinajstić information content (AvgIpc) is 2.62. The van der Waals surface area contributed by atoms with Gasteiger partial charge in [0.25, 0.3) is 15.9 Å². The van der Waals surface area contributed by atoms with Crippen molar-refractivity contribution < 1.29 is 22.7 Å². The van der Waals surface area contributed by atoms with Gasteiger partial charge in [0.05, 0.1) is 10.5 Å². The van der Waals surface area contributed by atoms with E-state index >= 15 is 0 Å². The zero-order valence-corrected chi connectivity index (χ0v) is 15.3. The number of carbonyl (C=O) groups is 2. The van der Waals surface area contributed by atoms with E-state index in [9.17, 15) is 18.0 Å². The van der Waals surface area contributed by atoms with Gasteiger partial charge in [-0.3, -0.25) is 9.52 Å². The maximum absolute atomic E-state index is 12.4. The van der Waals surface area contributed by atoms with E-state index in [-0.39, 0.29) is 17.1 Å². The molecule has 0 spiro atoms. The molecule has 0 aliphatic rings. The monoisotopic (exact) mass is 376 g/mol. The second-order valence-electron chi connectivity index (χ2n) is 5.53. The Kier molecular flexibility index (Phi) is 6.35. The van der Waals surface area contributed by atoms with Crippen molar-refractivity contribution in [3.05, 3.63) is 59.7 Å². The molecule has 0 fully saturated rings. The van der Waals surface area contributed by atoms with Crippen LogP contribution in [0.2, 0.25) is 0 Å². The summed E-state index contributed by atoms with van der Waals surface area (Å²) >= 11 is 0. The van der Waals surface area contributed by atoms with Crippen LogP contribution in [0.4, 0.5) is 5.69 Å². The highest BCUT2D eigenvalue weighted by Gasteiger charge is 2.16. The first-order valence-electron chi connectivity index (χ1n) is 7.95. The third kappa shape index (κ3) is 5.32. The molecule has 0 radical (unpaired) electrons. The van der Waals surface area contributed by atoms with Gasteiger partial charge in [-0.2, -0.15) is 0 Å². The molecule has 1 amide bonds. The number of amides is 1. The van der Waals surface area contributed by atoms with Crippen molar-refractivity contribution in [2.45, 2.75) is 18.7 Å². The maximum Gasteiger partial charge on any atom is 0.338 e. The number of sulfonamides is 1. The fourth-order valence-electron chi connectivity index (χ4n) is 2.07. The van der Waals surface area contributed by atoms with Crippen molar-refractivity contribution in [2.24, 2.45) is 0 Å². The largest absolute Gasteiger partial charge is 0.452 e. The number of hydrogen-bond acceptors (Lipinski definition) is 5. The minimum atomic E-state index is -3.77. The number of benzene rings is 2. The van der Waals surface area contributed by atoms with Gasteiger partial charge in [-0.15, -0.1) is 0 Å². The molecular formula is C18H20N2O5S. The highest BCUT2D eigenvalue weighted by molar-refractivity contribution is 7.92. The summed E-state index contributed by atoms with van der Waals surface area (Å²) in [6, 6.07) is 12.2. The van der Waals surface area contributed by atoms with Gasteiger partial charge < -0.3 is 10.1 Å². The molecule has 0 bridgehead atoms. The van der Waals surface area contributed by atoms with Crippen LogP contribution in [0.1, 0.15) is 22.8 Å². The Labute approximate surface area is 152 Å². The Hall–Kier alpha value is -2.87. The van der Waals surface area contributed by atoms with Crippen LogP contribution in [0.15, 0.2) is 53.4 Å². The Balaban J connectivity index is 2.04. The minimum Gasteiger partial charge on any atom is -0.452 e. The molecule has 0 saturated heterocycles. The van der Waals surface area contributed by atoms with Crippen LogP contribution in [0.25, 0.3) is 0 Å². The van der Waals surface area contributed by atoms with Crippen LogP contribution < -0.4 is 10.0 Å². The van der Waals surface area contributed by atoms with Gasteiger partial charge in [-0.25, -0.2) is 13.2 Å². The molecule has 0 aliphatic carbocycles. The molecule has 0 heterocycles. The third-order valence-corrected chi connectivity index (χ3v) is 4.81. The van der Waals surface area contributed by atoms with Crippen molar-refractivity contribution in [3.8, 4) is 0 Å². The summed E-state index contributed by atoms with van der Waals surface area (Å²) in [6.45, 7) is 3.71. The molecular weight excluding hydrogens is 356 g/mol. The first-order chi connectivity index (χ1) is 12.3. The molecule has 26 heavy (non-hydrogen) atoms. The summed E-state index contributed by atoms with van der Waals surface area (Å²) in [5.74, 6) is -1.10. The van der Waals surface area contributed by atoms with Crippen LogP contribution in [0, 0.1) is 6.92 Å². The predicted octanol–water partition coefficient (Wildman–Crippen LogP) is 2.09. The van der Waals surface area contributed by atoms with Crippen LogP contribution in [-0.2, 0) is 19.6 Å². The van der Waals surface area contributed by atoms with Crippen molar-refractivity contribution in [1.82, 2.24) is 5.32 Å². The predicted molar refractivity (Wildman–Crippen MR) is 97.4 cm³/mol. The first kappa shape index (κ1) is 19.5. The van der Waals surface area contributed by atoms with Crippen LogP contribution in [0.5, 0.6) is 0 Å². The Morgan fingerprint density at radius 3 is 2.19 bits per heavy atom. The molecule has 0 aromatic heterocycles. The standard InChI is InChI=1S/C18H20N2O5S/c1-3-19-17(21)12-25-18(22)14-6-10-16(11-7-14)26(23,24)20-15-8-4-13(2)5-9-15/h4-11,20H,3,12H2,1-2H3,(H,19,21). The fraction of sp³-hybridized carbons (Fsp3) is 0.222. The topological polar surface area (TPSA) is 102 Å². The van der Waals surface area contributed by atoms with E-state index in [1.807, 2.05) is 6.92 Å². The first-order valence-corrected chi connectivity index (χ1v) is 9.43. The summed E-state index contributed by atoms with van der Waals surface area (Å²) < 4.78 is 32.1. The zero-order valence-electron chi connectivity index (χ0n) is 14.5. The number of ether oxygens (including phenoxy) is 1. The highest BCUT2D eigenvalue weighted by Crippen LogP contribution is 2.17. The Bertz CT molecular complexity index is 875. The molecule has 138 valence electrons. The van der Waals surface area contributed by atoms with Gasteiger partial charge in [-0.05, 0) is 50.2 Å².